The van der Waals surface area contributed by atoms with Crippen molar-refractivity contribution >= 4 is 17.5 Å². The van der Waals surface area contributed by atoms with Crippen molar-refractivity contribution in [3.63, 3.8) is 0 Å². The summed E-state index contributed by atoms with van der Waals surface area (Å²) in [6.07, 6.45) is 1.84. The Morgan fingerprint density at radius 2 is 1.54 bits per heavy atom. The molecule has 1 amide bonds. The van der Waals surface area contributed by atoms with Gasteiger partial charge in [-0.2, -0.15) is 0 Å². The zero-order valence-corrected chi connectivity index (χ0v) is 17.6. The summed E-state index contributed by atoms with van der Waals surface area (Å²) < 4.78 is 0. The van der Waals surface area contributed by atoms with Crippen molar-refractivity contribution in [2.24, 2.45) is 0 Å². The predicted octanol–water partition coefficient (Wildman–Crippen LogP) is 3.89. The van der Waals surface area contributed by atoms with E-state index in [2.05, 4.69) is 60.2 Å². The summed E-state index contributed by atoms with van der Waals surface area (Å²) in [7, 11) is 0. The molecule has 1 aliphatic rings. The van der Waals surface area contributed by atoms with E-state index in [0.717, 1.165) is 44.0 Å². The van der Waals surface area contributed by atoms with Gasteiger partial charge in [-0.05, 0) is 36.1 Å². The summed E-state index contributed by atoms with van der Waals surface area (Å²) in [5.74, 6) is 0.198. The normalized spacial score (nSPS) is 16.6. The number of piperazine rings is 1. The standard InChI is InChI=1S/C23H30ClN3O/c1-3-26(4-2)27-15-14-25(18-23(27)28)22(16-19-8-6-5-7-9-19)17-20-10-12-21(24)13-11-20/h5-13,22H,3-4,14-18H2,1-2H3. The molecule has 1 unspecified atom stereocenters. The van der Waals surface area contributed by atoms with Gasteiger partial charge in [-0.25, -0.2) is 5.01 Å². The average Bonchev–Trinajstić information content (AvgIpc) is 2.72. The molecule has 0 bridgehead atoms. The van der Waals surface area contributed by atoms with E-state index < -0.39 is 0 Å². The second kappa shape index (κ2) is 10.1. The highest BCUT2D eigenvalue weighted by atomic mass is 35.5. The fourth-order valence-electron chi connectivity index (χ4n) is 3.97. The van der Waals surface area contributed by atoms with Gasteiger partial charge in [0.05, 0.1) is 13.1 Å². The molecule has 150 valence electrons. The minimum Gasteiger partial charge on any atom is -0.289 e. The van der Waals surface area contributed by atoms with Gasteiger partial charge >= 0.3 is 0 Å². The van der Waals surface area contributed by atoms with Gasteiger partial charge < -0.3 is 0 Å². The van der Waals surface area contributed by atoms with Crippen molar-refractivity contribution in [1.29, 1.82) is 0 Å². The lowest BCUT2D eigenvalue weighted by Crippen LogP contribution is -2.59. The number of benzene rings is 2. The third-order valence-electron chi connectivity index (χ3n) is 5.51. The molecule has 0 radical (unpaired) electrons. The highest BCUT2D eigenvalue weighted by molar-refractivity contribution is 6.30. The van der Waals surface area contributed by atoms with Crippen LogP contribution in [-0.2, 0) is 17.6 Å². The van der Waals surface area contributed by atoms with E-state index in [0.29, 0.717) is 6.54 Å². The minimum absolute atomic E-state index is 0.198. The average molecular weight is 400 g/mol. The lowest BCUT2D eigenvalue weighted by Gasteiger charge is -2.42. The number of hydrogen-bond donors (Lipinski definition) is 0. The number of rotatable bonds is 8. The molecule has 0 spiro atoms. The van der Waals surface area contributed by atoms with E-state index in [1.165, 1.54) is 11.1 Å². The molecule has 1 fully saturated rings. The van der Waals surface area contributed by atoms with E-state index >= 15 is 0 Å². The van der Waals surface area contributed by atoms with Gasteiger partial charge in [-0.3, -0.25) is 14.7 Å². The Hall–Kier alpha value is -1.88. The number of nitrogens with zero attached hydrogens (tertiary/aromatic N) is 3. The summed E-state index contributed by atoms with van der Waals surface area (Å²) in [6, 6.07) is 18.9. The van der Waals surface area contributed by atoms with Gasteiger partial charge in [-0.1, -0.05) is 67.9 Å². The van der Waals surface area contributed by atoms with E-state index in [4.69, 9.17) is 11.6 Å². The number of carbonyl (C=O) groups excluding carboxylic acids is 1. The van der Waals surface area contributed by atoms with Crippen molar-refractivity contribution in [2.45, 2.75) is 32.7 Å². The first kappa shape index (κ1) is 20.8. The minimum atomic E-state index is 0.198. The van der Waals surface area contributed by atoms with Crippen LogP contribution in [0.3, 0.4) is 0 Å². The Kier molecular flexibility index (Phi) is 7.49. The molecule has 0 aliphatic carbocycles. The molecule has 5 heteroatoms. The van der Waals surface area contributed by atoms with Gasteiger partial charge in [0.15, 0.2) is 0 Å². The molecule has 1 heterocycles. The number of hydrogen-bond acceptors (Lipinski definition) is 3. The summed E-state index contributed by atoms with van der Waals surface area (Å²) in [5, 5.41) is 4.81. The Bertz CT molecular complexity index is 746. The fraction of sp³-hybridized carbons (Fsp3) is 0.435. The molecule has 4 nitrogen and oxygen atoms in total. The highest BCUT2D eigenvalue weighted by Gasteiger charge is 2.31. The molecular formula is C23H30ClN3O. The van der Waals surface area contributed by atoms with Crippen LogP contribution in [0.15, 0.2) is 54.6 Å². The molecule has 2 aromatic rings. The molecule has 0 saturated carbocycles. The number of halogens is 1. The zero-order valence-electron chi connectivity index (χ0n) is 16.9. The second-order valence-corrected chi connectivity index (χ2v) is 7.74. The van der Waals surface area contributed by atoms with Gasteiger partial charge in [0.25, 0.3) is 5.91 Å². The molecule has 0 aromatic heterocycles. The second-order valence-electron chi connectivity index (χ2n) is 7.30. The van der Waals surface area contributed by atoms with Crippen LogP contribution in [0.25, 0.3) is 0 Å². The van der Waals surface area contributed by atoms with Crippen molar-refractivity contribution in [3.05, 3.63) is 70.7 Å². The van der Waals surface area contributed by atoms with Crippen LogP contribution in [0.2, 0.25) is 5.02 Å². The Labute approximate surface area is 173 Å². The van der Waals surface area contributed by atoms with Gasteiger partial charge in [0.1, 0.15) is 0 Å². The van der Waals surface area contributed by atoms with Crippen LogP contribution in [0, 0.1) is 0 Å². The van der Waals surface area contributed by atoms with Crippen LogP contribution in [0.5, 0.6) is 0 Å². The van der Waals surface area contributed by atoms with Crippen molar-refractivity contribution in [2.75, 3.05) is 32.7 Å². The fourth-order valence-corrected chi connectivity index (χ4v) is 4.09. The third kappa shape index (κ3) is 5.34. The molecule has 2 aromatic carbocycles. The summed E-state index contributed by atoms with van der Waals surface area (Å²) in [6.45, 7) is 8.05. The van der Waals surface area contributed by atoms with Crippen LogP contribution >= 0.6 is 11.6 Å². The Balaban J connectivity index is 1.74. The van der Waals surface area contributed by atoms with Crippen molar-refractivity contribution in [3.8, 4) is 0 Å². The van der Waals surface area contributed by atoms with E-state index in [1.807, 2.05) is 23.2 Å². The lowest BCUT2D eigenvalue weighted by molar-refractivity contribution is -0.157. The number of amides is 1. The largest absolute Gasteiger partial charge is 0.289 e. The van der Waals surface area contributed by atoms with E-state index in [-0.39, 0.29) is 11.9 Å². The smallest absolute Gasteiger partial charge is 0.251 e. The molecule has 1 aliphatic heterocycles. The quantitative estimate of drug-likeness (QED) is 0.673. The van der Waals surface area contributed by atoms with E-state index in [9.17, 15) is 4.79 Å². The summed E-state index contributed by atoms with van der Waals surface area (Å²) >= 11 is 6.05. The van der Waals surface area contributed by atoms with Crippen molar-refractivity contribution in [1.82, 2.24) is 14.9 Å². The van der Waals surface area contributed by atoms with Crippen LogP contribution in [0.4, 0.5) is 0 Å². The van der Waals surface area contributed by atoms with Crippen molar-refractivity contribution < 1.29 is 4.79 Å². The monoisotopic (exact) mass is 399 g/mol. The summed E-state index contributed by atoms with van der Waals surface area (Å²) in [5.41, 5.74) is 2.56. The number of hydrazine groups is 1. The molecule has 28 heavy (non-hydrogen) atoms. The SMILES string of the molecule is CCN(CC)N1CCN(C(Cc2ccccc2)Cc2ccc(Cl)cc2)CC1=O. The maximum atomic E-state index is 12.8. The highest BCUT2D eigenvalue weighted by Crippen LogP contribution is 2.19. The van der Waals surface area contributed by atoms with Gasteiger partial charge in [0, 0.05) is 30.7 Å². The maximum Gasteiger partial charge on any atom is 0.251 e. The van der Waals surface area contributed by atoms with Crippen LogP contribution < -0.4 is 0 Å². The zero-order chi connectivity index (χ0) is 19.9. The number of carbonyl (C=O) groups is 1. The van der Waals surface area contributed by atoms with E-state index in [1.54, 1.807) is 0 Å². The summed E-state index contributed by atoms with van der Waals surface area (Å²) in [4.78, 5) is 15.2. The third-order valence-corrected chi connectivity index (χ3v) is 5.76. The Morgan fingerprint density at radius 3 is 2.11 bits per heavy atom. The first-order valence-corrected chi connectivity index (χ1v) is 10.6. The molecule has 1 saturated heterocycles. The van der Waals surface area contributed by atoms with Crippen LogP contribution in [0.1, 0.15) is 25.0 Å². The Morgan fingerprint density at radius 1 is 0.929 bits per heavy atom. The lowest BCUT2D eigenvalue weighted by atomic mass is 9.97. The van der Waals surface area contributed by atoms with Crippen LogP contribution in [-0.4, -0.2) is 59.6 Å². The van der Waals surface area contributed by atoms with Gasteiger partial charge in [0.2, 0.25) is 0 Å². The maximum absolute atomic E-state index is 12.8. The molecule has 3 rings (SSSR count). The first-order chi connectivity index (χ1) is 13.6. The van der Waals surface area contributed by atoms with Gasteiger partial charge in [-0.15, -0.1) is 0 Å². The molecule has 1 atom stereocenters. The molecule has 0 N–H and O–H groups in total. The molecular weight excluding hydrogens is 370 g/mol. The predicted molar refractivity (Wildman–Crippen MR) is 115 cm³/mol. The first-order valence-electron chi connectivity index (χ1n) is 10.2. The topological polar surface area (TPSA) is 26.8 Å².